The molecule has 0 bridgehead atoms. The molecule has 161 valence electrons. The number of phosphoric ester groups is 1. The number of nitrogens with one attached hydrogen (secondary N) is 1. The molecule has 0 amide bonds. The molecule has 1 radical (unpaired) electrons. The summed E-state index contributed by atoms with van der Waals surface area (Å²) in [6, 6.07) is 0. The molecule has 1 aromatic heterocycles. The molecule has 0 aliphatic carbocycles. The van der Waals surface area contributed by atoms with Crippen molar-refractivity contribution in [2.75, 3.05) is 6.61 Å². The molecule has 19 heteroatoms. The van der Waals surface area contributed by atoms with E-state index >= 15 is 0 Å². The average molecular weight is 473 g/mol. The Morgan fingerprint density at radius 2 is 1.76 bits per heavy atom. The van der Waals surface area contributed by atoms with Crippen LogP contribution in [0.1, 0.15) is 24.6 Å². The number of phosphoric acid groups is 3. The molecule has 1 saturated heterocycles. The number of ether oxygens (including phenoxy) is 1. The first-order valence-corrected chi connectivity index (χ1v) is 12.0. The first-order chi connectivity index (χ1) is 12.7. The molecule has 29 heavy (non-hydrogen) atoms. The second kappa shape index (κ2) is 9.85. The Hall–Kier alpha value is -0.353. The summed E-state index contributed by atoms with van der Waals surface area (Å²) in [6.45, 7) is 0.869. The van der Waals surface area contributed by atoms with Gasteiger partial charge in [0.25, 0.3) is 5.56 Å². The van der Waals surface area contributed by atoms with Crippen LogP contribution in [0.4, 0.5) is 0 Å². The molecule has 2 rings (SSSR count). The minimum Gasteiger partial charge on any atom is -0.352 e. The standard InChI is InChI=1S/C10H17N2O13P3.Li/c1-6-4-12(10(14)11-9(6)13)8-3-2-7(23-8)5-22-27(18,19)25-28(20,21)24-26(15,16)17;/h4,7-8H,2-3,5H2,1H3,(H,18,19)(H,20,21)(H,11,13,14)(H2,15,16,17);. The van der Waals surface area contributed by atoms with Crippen LogP contribution in [-0.2, 0) is 31.6 Å². The van der Waals surface area contributed by atoms with Crippen LogP contribution >= 0.6 is 23.5 Å². The zero-order chi connectivity index (χ0) is 21.3. The van der Waals surface area contributed by atoms with Crippen molar-refractivity contribution in [3.63, 3.8) is 0 Å². The Morgan fingerprint density at radius 1 is 1.14 bits per heavy atom. The molecule has 2 heterocycles. The summed E-state index contributed by atoms with van der Waals surface area (Å²) >= 11 is 0. The van der Waals surface area contributed by atoms with Crippen molar-refractivity contribution in [3.8, 4) is 0 Å². The van der Waals surface area contributed by atoms with Crippen LogP contribution in [0.3, 0.4) is 0 Å². The van der Waals surface area contributed by atoms with Gasteiger partial charge < -0.3 is 24.3 Å². The molecule has 4 unspecified atom stereocenters. The first-order valence-electron chi connectivity index (χ1n) is 7.43. The summed E-state index contributed by atoms with van der Waals surface area (Å²) < 4.78 is 51.7. The van der Waals surface area contributed by atoms with Gasteiger partial charge in [0.2, 0.25) is 0 Å². The number of nitrogens with zero attached hydrogens (tertiary/aromatic N) is 1. The van der Waals surface area contributed by atoms with Gasteiger partial charge in [0.05, 0.1) is 12.7 Å². The van der Waals surface area contributed by atoms with Crippen LogP contribution in [0.25, 0.3) is 0 Å². The number of hydrogen-bond donors (Lipinski definition) is 5. The fraction of sp³-hybridized carbons (Fsp3) is 0.600. The van der Waals surface area contributed by atoms with Crippen molar-refractivity contribution in [3.05, 3.63) is 32.6 Å². The molecule has 5 N–H and O–H groups in total. The molecule has 0 aromatic carbocycles. The normalized spacial score (nSPS) is 23.8. The SMILES string of the molecule is Cc1cn(C2CCC(COP(=O)(O)OP(=O)(O)OP(=O)(O)O)O2)c(=O)[nH]c1=O.[Li]. The summed E-state index contributed by atoms with van der Waals surface area (Å²) in [5, 5.41) is 0. The third kappa shape index (κ3) is 8.36. The fourth-order valence-corrected chi connectivity index (χ4v) is 5.34. The Bertz CT molecular complexity index is 986. The summed E-state index contributed by atoms with van der Waals surface area (Å²) in [4.78, 5) is 60.6. The maximum Gasteiger partial charge on any atom is 0.490 e. The zero-order valence-electron chi connectivity index (χ0n) is 15.1. The van der Waals surface area contributed by atoms with Crippen LogP contribution in [0, 0.1) is 6.92 Å². The monoisotopic (exact) mass is 473 g/mol. The summed E-state index contributed by atoms with van der Waals surface area (Å²) in [5.41, 5.74) is -1.00. The van der Waals surface area contributed by atoms with Crippen LogP contribution in [0.2, 0.25) is 0 Å². The van der Waals surface area contributed by atoms with Crippen molar-refractivity contribution in [1.29, 1.82) is 0 Å². The average Bonchev–Trinajstić information content (AvgIpc) is 2.94. The van der Waals surface area contributed by atoms with Gasteiger partial charge in [-0.15, -0.1) is 0 Å². The molecule has 0 saturated carbocycles. The largest absolute Gasteiger partial charge is 0.490 e. The van der Waals surface area contributed by atoms with Gasteiger partial charge in [0.15, 0.2) is 0 Å². The Kier molecular flexibility index (Phi) is 9.06. The van der Waals surface area contributed by atoms with E-state index in [1.165, 1.54) is 13.1 Å². The minimum absolute atomic E-state index is 0. The van der Waals surface area contributed by atoms with Crippen LogP contribution in [0.5, 0.6) is 0 Å². The Morgan fingerprint density at radius 3 is 2.34 bits per heavy atom. The van der Waals surface area contributed by atoms with Crippen LogP contribution < -0.4 is 11.2 Å². The minimum atomic E-state index is -5.59. The van der Waals surface area contributed by atoms with Gasteiger partial charge >= 0.3 is 29.2 Å². The predicted molar refractivity (Wildman–Crippen MR) is 94.8 cm³/mol. The third-order valence-corrected chi connectivity index (χ3v) is 7.18. The van der Waals surface area contributed by atoms with E-state index in [1.54, 1.807) is 0 Å². The molecule has 15 nitrogen and oxygen atoms in total. The quantitative estimate of drug-likeness (QED) is 0.237. The summed E-state index contributed by atoms with van der Waals surface area (Å²) in [6.07, 6.45) is 0.212. The van der Waals surface area contributed by atoms with Gasteiger partial charge in [-0.2, -0.15) is 8.62 Å². The summed E-state index contributed by atoms with van der Waals surface area (Å²) in [5.74, 6) is 0. The van der Waals surface area contributed by atoms with Crippen LogP contribution in [-0.4, -0.2) is 60.7 Å². The van der Waals surface area contributed by atoms with Gasteiger partial charge in [-0.1, -0.05) is 0 Å². The zero-order valence-corrected chi connectivity index (χ0v) is 17.8. The Balaban J connectivity index is 0.00000420. The van der Waals surface area contributed by atoms with Crippen molar-refractivity contribution < 1.29 is 51.2 Å². The molecule has 1 aliphatic rings. The molecule has 1 aromatic rings. The van der Waals surface area contributed by atoms with E-state index in [9.17, 15) is 28.2 Å². The van der Waals surface area contributed by atoms with Gasteiger partial charge in [0, 0.05) is 30.6 Å². The van der Waals surface area contributed by atoms with E-state index < -0.39 is 53.7 Å². The summed E-state index contributed by atoms with van der Waals surface area (Å²) in [7, 11) is -16.3. The maximum atomic E-state index is 11.8. The predicted octanol–water partition coefficient (Wildman–Crippen LogP) is -0.515. The number of aryl methyl sites for hydroxylation is 1. The van der Waals surface area contributed by atoms with Gasteiger partial charge in [0.1, 0.15) is 6.23 Å². The molecular formula is C10H17LiN2O13P3. The second-order valence-electron chi connectivity index (χ2n) is 5.66. The third-order valence-electron chi connectivity index (χ3n) is 3.38. The van der Waals surface area contributed by atoms with Crippen molar-refractivity contribution >= 4 is 42.3 Å². The smallest absolute Gasteiger partial charge is 0.352 e. The van der Waals surface area contributed by atoms with E-state index in [4.69, 9.17) is 19.4 Å². The fourth-order valence-electron chi connectivity index (χ4n) is 2.29. The van der Waals surface area contributed by atoms with E-state index in [0.29, 0.717) is 0 Å². The van der Waals surface area contributed by atoms with E-state index in [-0.39, 0.29) is 37.3 Å². The van der Waals surface area contributed by atoms with Crippen molar-refractivity contribution in [2.45, 2.75) is 32.1 Å². The number of aromatic nitrogens is 2. The van der Waals surface area contributed by atoms with Crippen molar-refractivity contribution in [2.24, 2.45) is 0 Å². The van der Waals surface area contributed by atoms with Gasteiger partial charge in [-0.3, -0.25) is 18.9 Å². The van der Waals surface area contributed by atoms with E-state index in [0.717, 1.165) is 4.57 Å². The van der Waals surface area contributed by atoms with Gasteiger partial charge in [-0.25, -0.2) is 18.5 Å². The van der Waals surface area contributed by atoms with E-state index in [1.807, 2.05) is 0 Å². The van der Waals surface area contributed by atoms with Crippen LogP contribution in [0.15, 0.2) is 15.8 Å². The number of hydrogen-bond acceptors (Lipinski definition) is 9. The van der Waals surface area contributed by atoms with Gasteiger partial charge in [-0.05, 0) is 19.8 Å². The van der Waals surface area contributed by atoms with Crippen molar-refractivity contribution in [1.82, 2.24) is 9.55 Å². The molecule has 0 spiro atoms. The molecule has 1 fully saturated rings. The first kappa shape index (κ1) is 26.7. The Labute approximate surface area is 174 Å². The maximum absolute atomic E-state index is 11.8. The second-order valence-corrected chi connectivity index (χ2v) is 10.1. The number of H-pyrrole nitrogens is 1. The van der Waals surface area contributed by atoms with E-state index in [2.05, 4.69) is 18.1 Å². The number of rotatable bonds is 8. The molecule has 4 atom stereocenters. The molecular weight excluding hydrogens is 456 g/mol. The number of aromatic amines is 1. The topological polar surface area (TPSA) is 224 Å². The molecule has 1 aliphatic heterocycles.